The second-order valence-electron chi connectivity index (χ2n) is 8.90. The van der Waals surface area contributed by atoms with E-state index in [0.717, 1.165) is 51.4 Å². The van der Waals surface area contributed by atoms with Gasteiger partial charge in [-0.2, -0.15) is 0 Å². The molecule has 2 aliphatic heterocycles. The van der Waals surface area contributed by atoms with E-state index in [0.29, 0.717) is 43.3 Å². The highest BCUT2D eigenvalue weighted by Gasteiger charge is 2.50. The number of benzene rings is 1. The Kier molecular flexibility index (Phi) is 6.89. The van der Waals surface area contributed by atoms with Gasteiger partial charge in [-0.3, -0.25) is 9.69 Å². The Bertz CT molecular complexity index is 722. The second-order valence-corrected chi connectivity index (χ2v) is 8.90. The molecule has 3 aliphatic rings. The van der Waals surface area contributed by atoms with Crippen LogP contribution in [0, 0.1) is 17.8 Å². The van der Waals surface area contributed by atoms with Crippen LogP contribution in [-0.2, 0) is 16.1 Å². The number of fused-ring (bicyclic) bond motifs is 1. The van der Waals surface area contributed by atoms with Gasteiger partial charge in [0.1, 0.15) is 0 Å². The molecule has 2 saturated heterocycles. The van der Waals surface area contributed by atoms with Crippen molar-refractivity contribution >= 4 is 11.9 Å². The van der Waals surface area contributed by atoms with Gasteiger partial charge in [0.2, 0.25) is 5.91 Å². The number of carbonyl (C=O) groups excluding carboxylic acids is 2. The summed E-state index contributed by atoms with van der Waals surface area (Å²) in [4.78, 5) is 29.5. The minimum atomic E-state index is -0.136. The predicted molar refractivity (Wildman–Crippen MR) is 115 cm³/mol. The zero-order valence-corrected chi connectivity index (χ0v) is 17.9. The quantitative estimate of drug-likeness (QED) is 0.712. The third-order valence-electron chi connectivity index (χ3n) is 7.07. The van der Waals surface area contributed by atoms with Crippen LogP contribution in [0.1, 0.15) is 25.3 Å². The number of carbonyl (C=O) groups is 2. The molecule has 2 heterocycles. The first-order chi connectivity index (χ1) is 14.6. The lowest BCUT2D eigenvalue weighted by molar-refractivity contribution is -0.129. The van der Waals surface area contributed by atoms with Gasteiger partial charge in [0, 0.05) is 51.7 Å². The van der Waals surface area contributed by atoms with Crippen molar-refractivity contribution in [2.75, 3.05) is 45.9 Å². The lowest BCUT2D eigenvalue weighted by Gasteiger charge is -2.31. The van der Waals surface area contributed by atoms with E-state index in [2.05, 4.69) is 27.4 Å². The normalized spacial score (nSPS) is 29.1. The van der Waals surface area contributed by atoms with Crippen LogP contribution in [0.2, 0.25) is 0 Å². The lowest BCUT2D eigenvalue weighted by atomic mass is 9.88. The molecule has 2 N–H and O–H groups in total. The van der Waals surface area contributed by atoms with Crippen LogP contribution in [0.5, 0.6) is 0 Å². The highest BCUT2D eigenvalue weighted by atomic mass is 16.5. The molecule has 7 heteroatoms. The Morgan fingerprint density at radius 1 is 1.13 bits per heavy atom. The van der Waals surface area contributed by atoms with Crippen molar-refractivity contribution in [1.29, 1.82) is 0 Å². The Labute approximate surface area is 179 Å². The van der Waals surface area contributed by atoms with E-state index in [4.69, 9.17) is 4.74 Å². The number of hydrogen-bond acceptors (Lipinski definition) is 4. The molecular formula is C23H34N4O3. The van der Waals surface area contributed by atoms with Gasteiger partial charge in [0.25, 0.3) is 0 Å². The molecule has 4 rings (SSSR count). The molecule has 1 aromatic carbocycles. The Balaban J connectivity index is 1.25. The van der Waals surface area contributed by atoms with Gasteiger partial charge in [0.05, 0.1) is 13.2 Å². The average Bonchev–Trinajstić information content (AvgIpc) is 3.23. The van der Waals surface area contributed by atoms with Crippen molar-refractivity contribution in [3.8, 4) is 0 Å². The van der Waals surface area contributed by atoms with Gasteiger partial charge < -0.3 is 20.3 Å². The predicted octanol–water partition coefficient (Wildman–Crippen LogP) is 1.69. The highest BCUT2D eigenvalue weighted by molar-refractivity contribution is 5.79. The largest absolute Gasteiger partial charge is 0.379 e. The minimum absolute atomic E-state index is 0.136. The third kappa shape index (κ3) is 4.95. The Morgan fingerprint density at radius 2 is 1.90 bits per heavy atom. The number of rotatable bonds is 7. The van der Waals surface area contributed by atoms with Crippen LogP contribution in [0.15, 0.2) is 30.3 Å². The summed E-state index contributed by atoms with van der Waals surface area (Å²) in [5, 5.41) is 5.98. The number of nitrogens with one attached hydrogen (secondary N) is 2. The van der Waals surface area contributed by atoms with E-state index in [1.54, 1.807) is 0 Å². The summed E-state index contributed by atoms with van der Waals surface area (Å²) in [5.74, 6) is 1.50. The van der Waals surface area contributed by atoms with Crippen molar-refractivity contribution in [2.24, 2.45) is 17.8 Å². The van der Waals surface area contributed by atoms with Gasteiger partial charge >= 0.3 is 6.03 Å². The molecule has 3 amide bonds. The maximum absolute atomic E-state index is 12.7. The molecule has 0 aromatic heterocycles. The maximum Gasteiger partial charge on any atom is 0.315 e. The second kappa shape index (κ2) is 9.79. The number of hydrogen-bond donors (Lipinski definition) is 2. The summed E-state index contributed by atoms with van der Waals surface area (Å²) in [5.41, 5.74) is 1.08. The van der Waals surface area contributed by atoms with Crippen molar-refractivity contribution in [3.05, 3.63) is 35.9 Å². The van der Waals surface area contributed by atoms with Crippen LogP contribution < -0.4 is 10.6 Å². The van der Waals surface area contributed by atoms with Crippen molar-refractivity contribution < 1.29 is 14.3 Å². The van der Waals surface area contributed by atoms with Gasteiger partial charge in [-0.15, -0.1) is 0 Å². The zero-order chi connectivity index (χ0) is 20.9. The number of nitrogens with zero attached hydrogens (tertiary/aromatic N) is 2. The number of morpholine rings is 1. The fraction of sp³-hybridized carbons (Fsp3) is 0.652. The summed E-state index contributed by atoms with van der Waals surface area (Å²) in [6.45, 7) is 8.64. The summed E-state index contributed by atoms with van der Waals surface area (Å²) >= 11 is 0. The fourth-order valence-electron chi connectivity index (χ4n) is 5.36. The third-order valence-corrected chi connectivity index (χ3v) is 7.07. The average molecular weight is 415 g/mol. The van der Waals surface area contributed by atoms with Crippen molar-refractivity contribution in [2.45, 2.75) is 32.4 Å². The van der Waals surface area contributed by atoms with E-state index in [-0.39, 0.29) is 11.9 Å². The molecule has 164 valence electrons. The molecule has 3 fully saturated rings. The monoisotopic (exact) mass is 414 g/mol. The van der Waals surface area contributed by atoms with Gasteiger partial charge in [-0.05, 0) is 29.7 Å². The first-order valence-electron chi connectivity index (χ1n) is 11.3. The fourth-order valence-corrected chi connectivity index (χ4v) is 5.36. The maximum atomic E-state index is 12.7. The summed E-state index contributed by atoms with van der Waals surface area (Å²) in [6, 6.07) is 10.1. The van der Waals surface area contributed by atoms with E-state index in [1.165, 1.54) is 0 Å². The molecule has 0 spiro atoms. The SMILES string of the molecule is C[C@H]1C[C@@H]2[C@@H](CC(=O)N2CCN2CCOCC2)[C@@H]1CNC(=O)NCc1ccccc1. The van der Waals surface area contributed by atoms with Crippen LogP contribution in [-0.4, -0.2) is 73.7 Å². The van der Waals surface area contributed by atoms with E-state index in [9.17, 15) is 9.59 Å². The van der Waals surface area contributed by atoms with Crippen molar-refractivity contribution in [3.63, 3.8) is 0 Å². The van der Waals surface area contributed by atoms with E-state index < -0.39 is 0 Å². The highest BCUT2D eigenvalue weighted by Crippen LogP contribution is 2.45. The van der Waals surface area contributed by atoms with Crippen LogP contribution in [0.25, 0.3) is 0 Å². The zero-order valence-electron chi connectivity index (χ0n) is 17.9. The number of ether oxygens (including phenoxy) is 1. The first-order valence-corrected chi connectivity index (χ1v) is 11.3. The molecule has 4 atom stereocenters. The molecular weight excluding hydrogens is 380 g/mol. The lowest BCUT2D eigenvalue weighted by Crippen LogP contribution is -2.44. The number of likely N-dealkylation sites (tertiary alicyclic amines) is 1. The van der Waals surface area contributed by atoms with E-state index >= 15 is 0 Å². The Hall–Kier alpha value is -2.12. The molecule has 1 saturated carbocycles. The summed E-state index contributed by atoms with van der Waals surface area (Å²) < 4.78 is 5.42. The molecule has 1 aromatic rings. The standard InChI is InChI=1S/C23H34N4O3/c1-17-13-21-19(14-22(28)27(21)8-7-26-9-11-30-12-10-26)20(17)16-25-23(29)24-15-18-5-3-2-4-6-18/h2-6,17,19-21H,7-16H2,1H3,(H2,24,25,29)/t17-,19-,20+,21+/m0/s1. The first kappa shape index (κ1) is 21.1. The summed E-state index contributed by atoms with van der Waals surface area (Å²) in [7, 11) is 0. The number of urea groups is 1. The molecule has 7 nitrogen and oxygen atoms in total. The Morgan fingerprint density at radius 3 is 2.67 bits per heavy atom. The van der Waals surface area contributed by atoms with Crippen molar-refractivity contribution in [1.82, 2.24) is 20.4 Å². The molecule has 1 aliphatic carbocycles. The van der Waals surface area contributed by atoms with Crippen LogP contribution in [0.3, 0.4) is 0 Å². The molecule has 30 heavy (non-hydrogen) atoms. The smallest absolute Gasteiger partial charge is 0.315 e. The van der Waals surface area contributed by atoms with Crippen LogP contribution in [0.4, 0.5) is 4.79 Å². The minimum Gasteiger partial charge on any atom is -0.379 e. The topological polar surface area (TPSA) is 73.9 Å². The van der Waals surface area contributed by atoms with E-state index in [1.807, 2.05) is 30.3 Å². The molecule has 0 radical (unpaired) electrons. The molecule has 0 unspecified atom stereocenters. The van der Waals surface area contributed by atoms with Gasteiger partial charge in [-0.25, -0.2) is 4.79 Å². The van der Waals surface area contributed by atoms with Gasteiger partial charge in [-0.1, -0.05) is 37.3 Å². The number of amides is 3. The molecule has 0 bridgehead atoms. The summed E-state index contributed by atoms with van der Waals surface area (Å²) in [6.07, 6.45) is 1.66. The van der Waals surface area contributed by atoms with Crippen LogP contribution >= 0.6 is 0 Å². The van der Waals surface area contributed by atoms with Gasteiger partial charge in [0.15, 0.2) is 0 Å².